The summed E-state index contributed by atoms with van der Waals surface area (Å²) in [5.41, 5.74) is 3.07. The fourth-order valence-corrected chi connectivity index (χ4v) is 4.49. The van der Waals surface area contributed by atoms with Gasteiger partial charge in [0.15, 0.2) is 0 Å². The number of hydrogen-bond acceptors (Lipinski definition) is 4. The lowest BCUT2D eigenvalue weighted by molar-refractivity contribution is 0.0697. The highest BCUT2D eigenvalue weighted by Crippen LogP contribution is 2.33. The van der Waals surface area contributed by atoms with Crippen molar-refractivity contribution < 1.29 is 14.6 Å². The number of ether oxygens (including phenoxy) is 1. The van der Waals surface area contributed by atoms with Gasteiger partial charge in [0.05, 0.1) is 30.0 Å². The molecule has 0 radical (unpaired) electrons. The maximum Gasteiger partial charge on any atom is 0.337 e. The Morgan fingerprint density at radius 3 is 2.40 bits per heavy atom. The van der Waals surface area contributed by atoms with Gasteiger partial charge in [0.1, 0.15) is 11.9 Å². The molecule has 0 atom stereocenters. The van der Waals surface area contributed by atoms with Crippen molar-refractivity contribution in [1.82, 2.24) is 4.57 Å². The number of para-hydroxylation sites is 1. The van der Waals surface area contributed by atoms with Crippen LogP contribution >= 0.6 is 11.3 Å². The molecule has 5 rings (SSSR count). The summed E-state index contributed by atoms with van der Waals surface area (Å²) in [4.78, 5) is 15.2. The van der Waals surface area contributed by atoms with Crippen LogP contribution in [0.25, 0.3) is 16.1 Å². The number of rotatable bonds is 6. The third-order valence-electron chi connectivity index (χ3n) is 5.26. The zero-order valence-electron chi connectivity index (χ0n) is 16.1. The predicted molar refractivity (Wildman–Crippen MR) is 119 cm³/mol. The molecule has 5 nitrogen and oxygen atoms in total. The molecule has 4 aromatic rings. The van der Waals surface area contributed by atoms with Crippen LogP contribution in [0.5, 0.6) is 5.75 Å². The number of thiophene rings is 1. The van der Waals surface area contributed by atoms with E-state index in [0.29, 0.717) is 18.8 Å². The van der Waals surface area contributed by atoms with E-state index < -0.39 is 5.97 Å². The van der Waals surface area contributed by atoms with Gasteiger partial charge in [-0.3, -0.25) is 0 Å². The molecule has 3 heterocycles. The van der Waals surface area contributed by atoms with E-state index >= 15 is 0 Å². The molecule has 150 valence electrons. The summed E-state index contributed by atoms with van der Waals surface area (Å²) in [7, 11) is 0. The molecule has 2 aromatic carbocycles. The van der Waals surface area contributed by atoms with Crippen molar-refractivity contribution in [3.8, 4) is 21.9 Å². The number of nitrogens with zero attached hydrogens (tertiary/aromatic N) is 2. The van der Waals surface area contributed by atoms with Crippen LogP contribution in [0.15, 0.2) is 84.5 Å². The van der Waals surface area contributed by atoms with Crippen LogP contribution in [0.1, 0.15) is 10.4 Å². The molecular weight excluding hydrogens is 396 g/mol. The highest BCUT2D eigenvalue weighted by atomic mass is 32.1. The van der Waals surface area contributed by atoms with Gasteiger partial charge in [0, 0.05) is 17.3 Å². The Morgan fingerprint density at radius 1 is 0.967 bits per heavy atom. The average molecular weight is 417 g/mol. The molecule has 0 amide bonds. The van der Waals surface area contributed by atoms with Crippen molar-refractivity contribution in [3.63, 3.8) is 0 Å². The summed E-state index contributed by atoms with van der Waals surface area (Å²) in [5.74, 6) is -0.0791. The molecule has 2 aromatic heterocycles. The number of hydrogen-bond donors (Lipinski definition) is 1. The Bertz CT molecular complexity index is 1150. The maximum atomic E-state index is 11.8. The fourth-order valence-electron chi connectivity index (χ4n) is 3.76. The van der Waals surface area contributed by atoms with Gasteiger partial charge < -0.3 is 19.3 Å². The van der Waals surface area contributed by atoms with Crippen molar-refractivity contribution in [2.45, 2.75) is 6.10 Å². The maximum absolute atomic E-state index is 11.8. The van der Waals surface area contributed by atoms with E-state index in [-0.39, 0.29) is 11.7 Å². The second kappa shape index (κ2) is 7.72. The zero-order valence-corrected chi connectivity index (χ0v) is 17.0. The van der Waals surface area contributed by atoms with Crippen LogP contribution in [-0.4, -0.2) is 34.8 Å². The summed E-state index contributed by atoms with van der Waals surface area (Å²) in [5, 5.41) is 11.7. The number of aromatic carboxylic acids is 1. The van der Waals surface area contributed by atoms with Gasteiger partial charge in [0.25, 0.3) is 0 Å². The SMILES string of the molecule is O=C(O)c1cccc(N2CC(Oc3ccc(-c4cccs4)cc3)C2)c1-n1cccc1. The second-order valence-corrected chi connectivity index (χ2v) is 8.16. The number of carboxylic acids is 1. The molecule has 1 aliphatic rings. The van der Waals surface area contributed by atoms with Gasteiger partial charge in [-0.1, -0.05) is 12.1 Å². The van der Waals surface area contributed by atoms with E-state index in [9.17, 15) is 9.90 Å². The van der Waals surface area contributed by atoms with Crippen molar-refractivity contribution >= 4 is 23.0 Å². The molecular formula is C24H20N2O3S. The average Bonchev–Trinajstić information content (AvgIpc) is 3.44. The topological polar surface area (TPSA) is 54.7 Å². The molecule has 0 unspecified atom stereocenters. The van der Waals surface area contributed by atoms with Crippen molar-refractivity contribution in [2.75, 3.05) is 18.0 Å². The summed E-state index contributed by atoms with van der Waals surface area (Å²) in [6.45, 7) is 1.42. The molecule has 1 N–H and O–H groups in total. The van der Waals surface area contributed by atoms with Crippen molar-refractivity contribution in [1.29, 1.82) is 0 Å². The van der Waals surface area contributed by atoms with Gasteiger partial charge in [-0.05, 0) is 65.5 Å². The molecule has 1 aliphatic heterocycles. The standard InChI is InChI=1S/C24H20N2O3S/c27-24(28)20-5-3-6-21(23(20)25-12-1-2-13-25)26-15-19(16-26)29-18-10-8-17(9-11-18)22-7-4-14-30-22/h1-14,19H,15-16H2,(H,27,28). The van der Waals surface area contributed by atoms with Gasteiger partial charge >= 0.3 is 5.97 Å². The summed E-state index contributed by atoms with van der Waals surface area (Å²) in [6.07, 6.45) is 3.81. The molecule has 0 saturated carbocycles. The molecule has 1 fully saturated rings. The van der Waals surface area contributed by atoms with Crippen LogP contribution in [0, 0.1) is 0 Å². The van der Waals surface area contributed by atoms with E-state index in [0.717, 1.165) is 11.4 Å². The predicted octanol–water partition coefficient (Wildman–Crippen LogP) is 5.17. The Labute approximate surface area is 178 Å². The number of carboxylic acid groups (broad SMARTS) is 1. The van der Waals surface area contributed by atoms with E-state index in [1.54, 1.807) is 23.5 Å². The first kappa shape index (κ1) is 18.5. The molecule has 1 saturated heterocycles. The van der Waals surface area contributed by atoms with Gasteiger partial charge in [-0.25, -0.2) is 4.79 Å². The first-order chi connectivity index (χ1) is 14.7. The van der Waals surface area contributed by atoms with Crippen molar-refractivity contribution in [2.24, 2.45) is 0 Å². The van der Waals surface area contributed by atoms with Crippen LogP contribution in [0.2, 0.25) is 0 Å². The Morgan fingerprint density at radius 2 is 1.73 bits per heavy atom. The van der Waals surface area contributed by atoms with Gasteiger partial charge in [0.2, 0.25) is 0 Å². The highest BCUT2D eigenvalue weighted by molar-refractivity contribution is 7.13. The van der Waals surface area contributed by atoms with Gasteiger partial charge in [-0.15, -0.1) is 11.3 Å². The minimum Gasteiger partial charge on any atom is -0.487 e. The van der Waals surface area contributed by atoms with Crippen LogP contribution < -0.4 is 9.64 Å². The minimum atomic E-state index is -0.931. The largest absolute Gasteiger partial charge is 0.487 e. The Kier molecular flexibility index (Phi) is 4.77. The lowest BCUT2D eigenvalue weighted by Crippen LogP contribution is -2.54. The third kappa shape index (κ3) is 3.46. The zero-order chi connectivity index (χ0) is 20.5. The molecule has 0 spiro atoms. The first-order valence-corrected chi connectivity index (χ1v) is 10.6. The number of carbonyl (C=O) groups is 1. The van der Waals surface area contributed by atoms with E-state index in [1.807, 2.05) is 47.3 Å². The number of benzene rings is 2. The van der Waals surface area contributed by atoms with E-state index in [1.165, 1.54) is 10.4 Å². The third-order valence-corrected chi connectivity index (χ3v) is 6.18. The lowest BCUT2D eigenvalue weighted by Gasteiger charge is -2.41. The molecule has 0 aliphatic carbocycles. The van der Waals surface area contributed by atoms with E-state index in [2.05, 4.69) is 34.5 Å². The van der Waals surface area contributed by atoms with Crippen LogP contribution in [0.3, 0.4) is 0 Å². The van der Waals surface area contributed by atoms with Crippen LogP contribution in [-0.2, 0) is 0 Å². The smallest absolute Gasteiger partial charge is 0.337 e. The van der Waals surface area contributed by atoms with Gasteiger partial charge in [-0.2, -0.15) is 0 Å². The summed E-state index contributed by atoms with van der Waals surface area (Å²) < 4.78 is 7.98. The molecule has 6 heteroatoms. The first-order valence-electron chi connectivity index (χ1n) is 9.74. The Hall–Kier alpha value is -3.51. The van der Waals surface area contributed by atoms with Crippen molar-refractivity contribution in [3.05, 3.63) is 90.1 Å². The van der Waals surface area contributed by atoms with Crippen LogP contribution in [0.4, 0.5) is 5.69 Å². The summed E-state index contributed by atoms with van der Waals surface area (Å²) in [6, 6.07) is 21.5. The Balaban J connectivity index is 1.30. The number of aromatic nitrogens is 1. The molecule has 0 bridgehead atoms. The lowest BCUT2D eigenvalue weighted by atomic mass is 10.1. The quantitative estimate of drug-likeness (QED) is 0.471. The normalized spacial score (nSPS) is 13.8. The highest BCUT2D eigenvalue weighted by Gasteiger charge is 2.31. The molecule has 30 heavy (non-hydrogen) atoms. The monoisotopic (exact) mass is 416 g/mol. The fraction of sp³-hybridized carbons (Fsp3) is 0.125. The minimum absolute atomic E-state index is 0.0728. The number of anilines is 1. The second-order valence-electron chi connectivity index (χ2n) is 7.22. The summed E-state index contributed by atoms with van der Waals surface area (Å²) >= 11 is 1.72. The van der Waals surface area contributed by atoms with E-state index in [4.69, 9.17) is 4.74 Å².